The minimum Gasteiger partial charge on any atom is -0.273 e. The molecule has 1 aliphatic rings. The van der Waals surface area contributed by atoms with E-state index in [1.807, 2.05) is 18.2 Å². The molecule has 67 valence electrons. The number of rotatable bonds is 2. The van der Waals surface area contributed by atoms with Gasteiger partial charge in [-0.05, 0) is 18.4 Å². The lowest BCUT2D eigenvalue weighted by atomic mass is 10.1. The van der Waals surface area contributed by atoms with Crippen molar-refractivity contribution in [1.29, 1.82) is 0 Å². The van der Waals surface area contributed by atoms with Gasteiger partial charge in [0.15, 0.2) is 0 Å². The summed E-state index contributed by atoms with van der Waals surface area (Å²) in [6.07, 6.45) is 2.47. The fourth-order valence-corrected chi connectivity index (χ4v) is 1.66. The summed E-state index contributed by atoms with van der Waals surface area (Å²) in [4.78, 5) is 10.9. The Morgan fingerprint density at radius 3 is 2.69 bits per heavy atom. The Bertz CT molecular complexity index is 294. The highest BCUT2D eigenvalue weighted by Gasteiger charge is 2.22. The predicted molar refractivity (Wildman–Crippen MR) is 50.3 cm³/mol. The summed E-state index contributed by atoms with van der Waals surface area (Å²) in [7, 11) is 0. The van der Waals surface area contributed by atoms with Crippen LogP contribution in [-0.2, 0) is 11.2 Å². The Morgan fingerprint density at radius 2 is 2.08 bits per heavy atom. The highest BCUT2D eigenvalue weighted by molar-refractivity contribution is 5.78. The molecule has 0 saturated carbocycles. The van der Waals surface area contributed by atoms with Crippen LogP contribution in [0.25, 0.3) is 0 Å². The van der Waals surface area contributed by atoms with Crippen LogP contribution in [-0.4, -0.2) is 11.9 Å². The molecule has 1 radical (unpaired) electrons. The zero-order chi connectivity index (χ0) is 9.10. The van der Waals surface area contributed by atoms with Gasteiger partial charge in [-0.25, -0.2) is 5.32 Å². The summed E-state index contributed by atoms with van der Waals surface area (Å²) in [5, 5.41) is 4.04. The first kappa shape index (κ1) is 8.30. The number of benzene rings is 1. The van der Waals surface area contributed by atoms with Crippen molar-refractivity contribution in [3.8, 4) is 0 Å². The first-order valence-corrected chi connectivity index (χ1v) is 4.62. The number of hydrogen-bond acceptors (Lipinski definition) is 1. The van der Waals surface area contributed by atoms with Crippen molar-refractivity contribution in [2.24, 2.45) is 0 Å². The van der Waals surface area contributed by atoms with Crippen molar-refractivity contribution in [1.82, 2.24) is 5.32 Å². The molecule has 0 spiro atoms. The fraction of sp³-hybridized carbons (Fsp3) is 0.364. The molecule has 2 heteroatoms. The molecule has 0 N–H and O–H groups in total. The molecule has 1 atom stereocenters. The van der Waals surface area contributed by atoms with E-state index in [0.717, 1.165) is 12.8 Å². The van der Waals surface area contributed by atoms with Crippen LogP contribution in [0.3, 0.4) is 0 Å². The number of carbonyl (C=O) groups is 1. The molecule has 1 aromatic rings. The standard InChI is InChI=1S/C11H12NO/c13-11-7-6-10(12-11)8-9-4-2-1-3-5-9/h1-5,10H,6-8H2. The number of amides is 1. The van der Waals surface area contributed by atoms with E-state index in [1.54, 1.807) is 0 Å². The van der Waals surface area contributed by atoms with Gasteiger partial charge in [0.05, 0.1) is 6.04 Å². The molecule has 1 aliphatic heterocycles. The minimum absolute atomic E-state index is 0.0703. The van der Waals surface area contributed by atoms with Crippen molar-refractivity contribution < 1.29 is 4.79 Å². The van der Waals surface area contributed by atoms with Crippen molar-refractivity contribution in [2.45, 2.75) is 25.3 Å². The first-order valence-electron chi connectivity index (χ1n) is 4.62. The van der Waals surface area contributed by atoms with E-state index >= 15 is 0 Å². The summed E-state index contributed by atoms with van der Waals surface area (Å²) < 4.78 is 0. The zero-order valence-corrected chi connectivity index (χ0v) is 7.44. The van der Waals surface area contributed by atoms with Crippen molar-refractivity contribution >= 4 is 5.91 Å². The second kappa shape index (κ2) is 3.60. The molecule has 0 aliphatic carbocycles. The van der Waals surface area contributed by atoms with Crippen LogP contribution in [0, 0.1) is 0 Å². The smallest absolute Gasteiger partial charge is 0.241 e. The van der Waals surface area contributed by atoms with E-state index in [-0.39, 0.29) is 11.9 Å². The maximum Gasteiger partial charge on any atom is 0.241 e. The Morgan fingerprint density at radius 1 is 1.31 bits per heavy atom. The molecule has 1 fully saturated rings. The molecular weight excluding hydrogens is 162 g/mol. The lowest BCUT2D eigenvalue weighted by Gasteiger charge is -2.06. The highest BCUT2D eigenvalue weighted by Crippen LogP contribution is 2.13. The molecular formula is C11H12NO. The third kappa shape index (κ3) is 2.08. The van der Waals surface area contributed by atoms with Crippen LogP contribution in [0.4, 0.5) is 0 Å². The first-order chi connectivity index (χ1) is 6.34. The van der Waals surface area contributed by atoms with Gasteiger partial charge in [-0.15, -0.1) is 0 Å². The summed E-state index contributed by atoms with van der Waals surface area (Å²) in [5.41, 5.74) is 1.27. The molecule has 1 aromatic carbocycles. The predicted octanol–water partition coefficient (Wildman–Crippen LogP) is 1.52. The quantitative estimate of drug-likeness (QED) is 0.668. The lowest BCUT2D eigenvalue weighted by Crippen LogP contribution is -2.19. The van der Waals surface area contributed by atoms with Crippen LogP contribution >= 0.6 is 0 Å². The van der Waals surface area contributed by atoms with Crippen LogP contribution in [0.2, 0.25) is 0 Å². The van der Waals surface area contributed by atoms with Crippen LogP contribution in [0.1, 0.15) is 18.4 Å². The average Bonchev–Trinajstić information content (AvgIpc) is 2.53. The Balaban J connectivity index is 1.96. The Kier molecular flexibility index (Phi) is 2.30. The van der Waals surface area contributed by atoms with E-state index in [1.165, 1.54) is 5.56 Å². The topological polar surface area (TPSA) is 31.2 Å². The molecule has 1 heterocycles. The van der Waals surface area contributed by atoms with E-state index in [4.69, 9.17) is 0 Å². The molecule has 2 nitrogen and oxygen atoms in total. The number of hydrogen-bond donors (Lipinski definition) is 0. The zero-order valence-electron chi connectivity index (χ0n) is 7.44. The van der Waals surface area contributed by atoms with E-state index in [2.05, 4.69) is 17.4 Å². The van der Waals surface area contributed by atoms with Crippen molar-refractivity contribution in [3.63, 3.8) is 0 Å². The Hall–Kier alpha value is -1.31. The third-order valence-corrected chi connectivity index (χ3v) is 2.33. The summed E-state index contributed by atoms with van der Waals surface area (Å²) in [5.74, 6) is 0.0703. The van der Waals surface area contributed by atoms with Gasteiger partial charge in [0.2, 0.25) is 5.91 Å². The van der Waals surface area contributed by atoms with Crippen molar-refractivity contribution in [3.05, 3.63) is 35.9 Å². The average molecular weight is 174 g/mol. The van der Waals surface area contributed by atoms with E-state index in [9.17, 15) is 4.79 Å². The molecule has 1 amide bonds. The second-order valence-electron chi connectivity index (χ2n) is 3.41. The Labute approximate surface area is 78.0 Å². The fourth-order valence-electron chi connectivity index (χ4n) is 1.66. The third-order valence-electron chi connectivity index (χ3n) is 2.33. The van der Waals surface area contributed by atoms with Gasteiger partial charge in [-0.2, -0.15) is 0 Å². The van der Waals surface area contributed by atoms with Crippen LogP contribution < -0.4 is 5.32 Å². The van der Waals surface area contributed by atoms with Gasteiger partial charge in [0.25, 0.3) is 0 Å². The maximum atomic E-state index is 10.9. The van der Waals surface area contributed by atoms with Crippen LogP contribution in [0.15, 0.2) is 30.3 Å². The number of nitrogens with zero attached hydrogens (tertiary/aromatic N) is 1. The van der Waals surface area contributed by atoms with E-state index in [0.29, 0.717) is 6.42 Å². The summed E-state index contributed by atoms with van der Waals surface area (Å²) in [6, 6.07) is 10.4. The van der Waals surface area contributed by atoms with Gasteiger partial charge in [-0.1, -0.05) is 30.3 Å². The molecule has 0 bridgehead atoms. The molecule has 1 unspecified atom stereocenters. The molecule has 13 heavy (non-hydrogen) atoms. The SMILES string of the molecule is O=C1CCC(Cc2ccccc2)[N]1. The molecule has 1 saturated heterocycles. The van der Waals surface area contributed by atoms with Gasteiger partial charge in [0.1, 0.15) is 0 Å². The van der Waals surface area contributed by atoms with Crippen LogP contribution in [0.5, 0.6) is 0 Å². The van der Waals surface area contributed by atoms with Crippen molar-refractivity contribution in [2.75, 3.05) is 0 Å². The van der Waals surface area contributed by atoms with Gasteiger partial charge >= 0.3 is 0 Å². The largest absolute Gasteiger partial charge is 0.273 e. The lowest BCUT2D eigenvalue weighted by molar-refractivity contribution is -0.119. The maximum absolute atomic E-state index is 10.9. The highest BCUT2D eigenvalue weighted by atomic mass is 16.1. The monoisotopic (exact) mass is 174 g/mol. The van der Waals surface area contributed by atoms with E-state index < -0.39 is 0 Å². The minimum atomic E-state index is 0.0703. The summed E-state index contributed by atoms with van der Waals surface area (Å²) in [6.45, 7) is 0. The van der Waals surface area contributed by atoms with Gasteiger partial charge < -0.3 is 0 Å². The number of carbonyl (C=O) groups excluding carboxylic acids is 1. The second-order valence-corrected chi connectivity index (χ2v) is 3.41. The van der Waals surface area contributed by atoms with Gasteiger partial charge in [-0.3, -0.25) is 4.79 Å². The molecule has 2 rings (SSSR count). The van der Waals surface area contributed by atoms with Gasteiger partial charge in [0, 0.05) is 6.42 Å². The normalized spacial score (nSPS) is 21.5. The molecule has 0 aromatic heterocycles. The summed E-state index contributed by atoms with van der Waals surface area (Å²) >= 11 is 0.